The number of nitrogens with one attached hydrogen (secondary N) is 1. The fourth-order valence-electron chi connectivity index (χ4n) is 1.98. The molecule has 1 aliphatic heterocycles. The van der Waals surface area contributed by atoms with Gasteiger partial charge in [-0.3, -0.25) is 0 Å². The average molecular weight is 303 g/mol. The molecule has 3 nitrogen and oxygen atoms in total. The monoisotopic (exact) mass is 302 g/mol. The summed E-state index contributed by atoms with van der Waals surface area (Å²) in [5.74, 6) is -0.322. The fraction of sp³-hybridized carbons (Fsp3) is 0.500. The fourth-order valence-corrected chi connectivity index (χ4v) is 2.34. The second-order valence-electron chi connectivity index (χ2n) is 4.66. The van der Waals surface area contributed by atoms with Crippen LogP contribution in [0.3, 0.4) is 0 Å². The molecular weight excluding hydrogens is 287 g/mol. The molecule has 1 saturated heterocycles. The van der Waals surface area contributed by atoms with Gasteiger partial charge in [0, 0.05) is 12.7 Å². The Morgan fingerprint density at radius 2 is 2.29 bits per heavy atom. The van der Waals surface area contributed by atoms with E-state index in [1.165, 1.54) is 6.07 Å². The van der Waals surface area contributed by atoms with Gasteiger partial charge in [-0.2, -0.15) is 0 Å². The van der Waals surface area contributed by atoms with Crippen LogP contribution in [0.25, 0.3) is 0 Å². The Morgan fingerprint density at radius 3 is 2.88 bits per heavy atom. The summed E-state index contributed by atoms with van der Waals surface area (Å²) in [7, 11) is 0. The van der Waals surface area contributed by atoms with E-state index in [9.17, 15) is 4.39 Å². The van der Waals surface area contributed by atoms with Crippen molar-refractivity contribution in [2.45, 2.75) is 31.9 Å². The summed E-state index contributed by atoms with van der Waals surface area (Å²) < 4.78 is 19.4. The van der Waals surface area contributed by atoms with Gasteiger partial charge in [-0.1, -0.05) is 0 Å². The third-order valence-corrected chi connectivity index (χ3v) is 4.01. The Bertz CT molecular complexity index is 441. The van der Waals surface area contributed by atoms with Crippen molar-refractivity contribution < 1.29 is 9.13 Å². The first-order valence-electron chi connectivity index (χ1n) is 5.57. The van der Waals surface area contributed by atoms with Crippen LogP contribution in [0.5, 0.6) is 0 Å². The minimum absolute atomic E-state index is 0.0774. The largest absolute Gasteiger partial charge is 0.397 e. The number of nitrogens with two attached hydrogens (primary N) is 1. The summed E-state index contributed by atoms with van der Waals surface area (Å²) in [6.45, 7) is 4.78. The van der Waals surface area contributed by atoms with E-state index >= 15 is 0 Å². The number of ether oxygens (including phenoxy) is 1. The van der Waals surface area contributed by atoms with E-state index in [2.05, 4.69) is 28.2 Å². The molecule has 1 aromatic rings. The molecule has 2 unspecified atom stereocenters. The summed E-state index contributed by atoms with van der Waals surface area (Å²) in [5.41, 5.74) is 6.82. The SMILES string of the molecule is CC1OCCC1(C)Nc1cc(F)c(Br)cc1N. The van der Waals surface area contributed by atoms with Crippen molar-refractivity contribution in [2.24, 2.45) is 0 Å². The molecule has 2 rings (SSSR count). The van der Waals surface area contributed by atoms with E-state index in [0.29, 0.717) is 22.5 Å². The maximum Gasteiger partial charge on any atom is 0.139 e. The number of hydrogen-bond acceptors (Lipinski definition) is 3. The van der Waals surface area contributed by atoms with Crippen LogP contribution >= 0.6 is 15.9 Å². The lowest BCUT2D eigenvalue weighted by Gasteiger charge is -2.30. The number of rotatable bonds is 2. The van der Waals surface area contributed by atoms with Gasteiger partial charge in [-0.15, -0.1) is 0 Å². The number of hydrogen-bond donors (Lipinski definition) is 2. The lowest BCUT2D eigenvalue weighted by atomic mass is 9.94. The van der Waals surface area contributed by atoms with Crippen molar-refractivity contribution in [1.29, 1.82) is 0 Å². The Hall–Kier alpha value is -0.810. The van der Waals surface area contributed by atoms with Gasteiger partial charge in [0.2, 0.25) is 0 Å². The van der Waals surface area contributed by atoms with E-state index in [1.54, 1.807) is 6.07 Å². The molecule has 0 saturated carbocycles. The van der Waals surface area contributed by atoms with Gasteiger partial charge < -0.3 is 15.8 Å². The highest BCUT2D eigenvalue weighted by Crippen LogP contribution is 2.33. The zero-order valence-electron chi connectivity index (χ0n) is 9.89. The van der Waals surface area contributed by atoms with Crippen molar-refractivity contribution in [1.82, 2.24) is 0 Å². The molecule has 2 atom stereocenters. The molecule has 5 heteroatoms. The molecular formula is C12H16BrFN2O. The van der Waals surface area contributed by atoms with Crippen LogP contribution in [0, 0.1) is 5.82 Å². The van der Waals surface area contributed by atoms with Crippen molar-refractivity contribution in [3.8, 4) is 0 Å². The first-order valence-corrected chi connectivity index (χ1v) is 6.36. The first kappa shape index (κ1) is 12.6. The molecule has 0 radical (unpaired) electrons. The van der Waals surface area contributed by atoms with E-state index < -0.39 is 0 Å². The van der Waals surface area contributed by atoms with Gasteiger partial charge in [0.05, 0.1) is 27.5 Å². The topological polar surface area (TPSA) is 47.3 Å². The molecule has 17 heavy (non-hydrogen) atoms. The van der Waals surface area contributed by atoms with E-state index in [4.69, 9.17) is 10.5 Å². The molecule has 0 aliphatic carbocycles. The predicted octanol–water partition coefficient (Wildman–Crippen LogP) is 3.15. The van der Waals surface area contributed by atoms with Crippen LogP contribution in [-0.4, -0.2) is 18.2 Å². The lowest BCUT2D eigenvalue weighted by Crippen LogP contribution is -2.41. The van der Waals surface area contributed by atoms with Crippen molar-refractivity contribution in [3.05, 3.63) is 22.4 Å². The lowest BCUT2D eigenvalue weighted by molar-refractivity contribution is 0.105. The third kappa shape index (κ3) is 2.40. The van der Waals surface area contributed by atoms with Gasteiger partial charge in [-0.25, -0.2) is 4.39 Å². The van der Waals surface area contributed by atoms with Crippen LogP contribution in [0.15, 0.2) is 16.6 Å². The Balaban J connectivity index is 2.27. The molecule has 0 amide bonds. The van der Waals surface area contributed by atoms with Crippen LogP contribution in [0.2, 0.25) is 0 Å². The molecule has 3 N–H and O–H groups in total. The molecule has 1 heterocycles. The highest BCUT2D eigenvalue weighted by Gasteiger charge is 2.37. The molecule has 1 fully saturated rings. The van der Waals surface area contributed by atoms with Crippen LogP contribution in [0.1, 0.15) is 20.3 Å². The average Bonchev–Trinajstić information content (AvgIpc) is 2.56. The second-order valence-corrected chi connectivity index (χ2v) is 5.51. The second kappa shape index (κ2) is 4.46. The standard InChI is InChI=1S/C12H16BrFN2O/c1-7-12(2,3-4-17-7)16-11-6-9(14)8(13)5-10(11)15/h5-7,16H,3-4,15H2,1-2H3. The Morgan fingerprint density at radius 1 is 1.59 bits per heavy atom. The van der Waals surface area contributed by atoms with E-state index in [1.807, 2.05) is 6.92 Å². The molecule has 0 aromatic heterocycles. The minimum atomic E-state index is -0.322. The number of nitrogen functional groups attached to an aromatic ring is 1. The zero-order valence-corrected chi connectivity index (χ0v) is 11.5. The maximum atomic E-state index is 13.5. The molecule has 94 valence electrons. The number of benzene rings is 1. The molecule has 1 aliphatic rings. The predicted molar refractivity (Wildman–Crippen MR) is 70.6 cm³/mol. The van der Waals surface area contributed by atoms with Gasteiger partial charge in [0.25, 0.3) is 0 Å². The van der Waals surface area contributed by atoms with Gasteiger partial charge in [0.15, 0.2) is 0 Å². The summed E-state index contributed by atoms with van der Waals surface area (Å²) in [5, 5.41) is 3.29. The zero-order chi connectivity index (χ0) is 12.6. The molecule has 0 bridgehead atoms. The summed E-state index contributed by atoms with van der Waals surface area (Å²) in [4.78, 5) is 0. The van der Waals surface area contributed by atoms with Crippen molar-refractivity contribution in [2.75, 3.05) is 17.7 Å². The molecule has 1 aromatic carbocycles. The van der Waals surface area contributed by atoms with Gasteiger partial charge in [0.1, 0.15) is 5.82 Å². The maximum absolute atomic E-state index is 13.5. The van der Waals surface area contributed by atoms with Gasteiger partial charge >= 0.3 is 0 Å². The quantitative estimate of drug-likeness (QED) is 0.825. The van der Waals surface area contributed by atoms with Crippen molar-refractivity contribution in [3.63, 3.8) is 0 Å². The summed E-state index contributed by atoms with van der Waals surface area (Å²) in [6, 6.07) is 2.98. The van der Waals surface area contributed by atoms with Crippen LogP contribution in [0.4, 0.5) is 15.8 Å². The minimum Gasteiger partial charge on any atom is -0.397 e. The highest BCUT2D eigenvalue weighted by molar-refractivity contribution is 9.10. The normalized spacial score (nSPS) is 28.4. The Labute approximate surface area is 109 Å². The van der Waals surface area contributed by atoms with E-state index in [-0.39, 0.29) is 17.5 Å². The Kier molecular flexibility index (Phi) is 3.32. The highest BCUT2D eigenvalue weighted by atomic mass is 79.9. The molecule has 0 spiro atoms. The summed E-state index contributed by atoms with van der Waals surface area (Å²) >= 11 is 3.11. The van der Waals surface area contributed by atoms with Crippen molar-refractivity contribution >= 4 is 27.3 Å². The van der Waals surface area contributed by atoms with Crippen LogP contribution < -0.4 is 11.1 Å². The third-order valence-electron chi connectivity index (χ3n) is 3.40. The number of halogens is 2. The van der Waals surface area contributed by atoms with Gasteiger partial charge in [-0.05, 0) is 42.3 Å². The first-order chi connectivity index (χ1) is 7.92. The smallest absolute Gasteiger partial charge is 0.139 e. The number of anilines is 2. The van der Waals surface area contributed by atoms with Crippen LogP contribution in [-0.2, 0) is 4.74 Å². The van der Waals surface area contributed by atoms with E-state index in [0.717, 1.165) is 6.42 Å². The summed E-state index contributed by atoms with van der Waals surface area (Å²) in [6.07, 6.45) is 0.958.